The fourth-order valence-electron chi connectivity index (χ4n) is 5.85. The molecule has 6 nitrogen and oxygen atoms in total. The van der Waals surface area contributed by atoms with Crippen LogP contribution in [0.2, 0.25) is 0 Å². The van der Waals surface area contributed by atoms with Crippen molar-refractivity contribution in [1.29, 1.82) is 0 Å². The smallest absolute Gasteiger partial charge is 0.307 e. The van der Waals surface area contributed by atoms with Crippen molar-refractivity contribution in [1.82, 2.24) is 0 Å². The molecule has 0 unspecified atom stereocenters. The molecule has 2 amide bonds. The predicted octanol–water partition coefficient (Wildman–Crippen LogP) is 4.68. The van der Waals surface area contributed by atoms with Crippen molar-refractivity contribution < 1.29 is 19.1 Å². The molecule has 35 heavy (non-hydrogen) atoms. The molecule has 5 rings (SSSR count). The van der Waals surface area contributed by atoms with E-state index >= 15 is 0 Å². The monoisotopic (exact) mass is 468 g/mol. The molecule has 3 aromatic carbocycles. The van der Waals surface area contributed by atoms with Crippen LogP contribution in [0.3, 0.4) is 0 Å². The number of aryl methyl sites for hydroxylation is 1. The molecule has 0 spiro atoms. The molecule has 4 atom stereocenters. The van der Waals surface area contributed by atoms with Crippen molar-refractivity contribution >= 4 is 29.2 Å². The topological polar surface area (TPSA) is 66.9 Å². The van der Waals surface area contributed by atoms with Gasteiger partial charge in [0.05, 0.1) is 42.6 Å². The van der Waals surface area contributed by atoms with Crippen molar-refractivity contribution in [2.75, 3.05) is 16.9 Å². The summed E-state index contributed by atoms with van der Waals surface area (Å²) in [6, 6.07) is 26.3. The van der Waals surface area contributed by atoms with E-state index in [-0.39, 0.29) is 18.2 Å². The molecule has 2 aliphatic heterocycles. The molecule has 2 aliphatic rings. The minimum atomic E-state index is -0.981. The Balaban J connectivity index is 1.73. The van der Waals surface area contributed by atoms with Gasteiger partial charge in [0.15, 0.2) is 0 Å². The number of esters is 1. The van der Waals surface area contributed by atoms with E-state index in [2.05, 4.69) is 4.90 Å². The lowest BCUT2D eigenvalue weighted by Gasteiger charge is -2.42. The summed E-state index contributed by atoms with van der Waals surface area (Å²) in [5, 5.41) is 0. The minimum Gasteiger partial charge on any atom is -0.469 e. The van der Waals surface area contributed by atoms with Gasteiger partial charge in [0.2, 0.25) is 11.8 Å². The molecule has 178 valence electrons. The van der Waals surface area contributed by atoms with Crippen LogP contribution >= 0.6 is 0 Å². The molecule has 2 fully saturated rings. The summed E-state index contributed by atoms with van der Waals surface area (Å²) >= 11 is 0. The number of anilines is 2. The summed E-state index contributed by atoms with van der Waals surface area (Å²) in [5.41, 5.74) is 2.45. The van der Waals surface area contributed by atoms with Crippen LogP contribution in [0.5, 0.6) is 0 Å². The maximum atomic E-state index is 14.0. The van der Waals surface area contributed by atoms with Crippen LogP contribution in [0, 0.1) is 18.8 Å². The van der Waals surface area contributed by atoms with Gasteiger partial charge in [-0.3, -0.25) is 14.4 Å². The molecule has 0 aromatic heterocycles. The highest BCUT2D eigenvalue weighted by Crippen LogP contribution is 2.58. The number of hydrogen-bond acceptors (Lipinski definition) is 5. The number of carbonyl (C=O) groups is 3. The van der Waals surface area contributed by atoms with Gasteiger partial charge in [0, 0.05) is 5.69 Å². The number of benzene rings is 3. The Kier molecular flexibility index (Phi) is 5.67. The maximum Gasteiger partial charge on any atom is 0.307 e. The molecule has 0 bridgehead atoms. The summed E-state index contributed by atoms with van der Waals surface area (Å²) in [7, 11) is 1.35. The van der Waals surface area contributed by atoms with Crippen molar-refractivity contribution in [2.45, 2.75) is 31.8 Å². The van der Waals surface area contributed by atoms with E-state index < -0.39 is 29.4 Å². The van der Waals surface area contributed by atoms with Gasteiger partial charge in [-0.25, -0.2) is 4.90 Å². The first kappa shape index (κ1) is 22.8. The molecule has 6 heteroatoms. The Morgan fingerprint density at radius 2 is 1.43 bits per heavy atom. The summed E-state index contributed by atoms with van der Waals surface area (Å²) in [6.07, 6.45) is -0.0242. The Morgan fingerprint density at radius 3 is 2.00 bits per heavy atom. The summed E-state index contributed by atoms with van der Waals surface area (Å²) in [5.74, 6) is -2.32. The zero-order valence-electron chi connectivity index (χ0n) is 20.0. The average Bonchev–Trinajstić information content (AvgIpc) is 3.29. The van der Waals surface area contributed by atoms with Crippen LogP contribution in [0.1, 0.15) is 30.5 Å². The Labute approximate surface area is 205 Å². The zero-order chi connectivity index (χ0) is 24.7. The number of carbonyl (C=O) groups excluding carboxylic acids is 3. The SMILES string of the molecule is COC(=O)C[C@@]1(C)[C@H]2C(=O)N(c3ccccc3)C(=O)[C@@H]2[C@@H](c2ccc(C)cc2)N1c1ccccc1. The fraction of sp³-hybridized carbons (Fsp3) is 0.276. The van der Waals surface area contributed by atoms with Gasteiger partial charge in [0.25, 0.3) is 0 Å². The van der Waals surface area contributed by atoms with E-state index in [4.69, 9.17) is 4.74 Å². The maximum absolute atomic E-state index is 14.0. The number of imide groups is 1. The lowest BCUT2D eigenvalue weighted by Crippen LogP contribution is -2.52. The van der Waals surface area contributed by atoms with Gasteiger partial charge in [0.1, 0.15) is 0 Å². The van der Waals surface area contributed by atoms with E-state index in [1.807, 2.05) is 86.6 Å². The van der Waals surface area contributed by atoms with Crippen molar-refractivity contribution in [3.05, 3.63) is 96.1 Å². The first-order chi connectivity index (χ1) is 16.9. The molecule has 0 radical (unpaired) electrons. The highest BCUT2D eigenvalue weighted by Gasteiger charge is 2.68. The van der Waals surface area contributed by atoms with Crippen LogP contribution in [0.15, 0.2) is 84.9 Å². The average molecular weight is 469 g/mol. The molecule has 0 N–H and O–H groups in total. The van der Waals surface area contributed by atoms with E-state index in [1.54, 1.807) is 12.1 Å². The molecule has 0 saturated carbocycles. The Hall–Kier alpha value is -3.93. The van der Waals surface area contributed by atoms with Gasteiger partial charge in [-0.1, -0.05) is 66.2 Å². The number of nitrogens with zero attached hydrogens (tertiary/aromatic N) is 2. The highest BCUT2D eigenvalue weighted by atomic mass is 16.5. The normalized spacial score (nSPS) is 25.6. The number of fused-ring (bicyclic) bond motifs is 1. The van der Waals surface area contributed by atoms with Crippen molar-refractivity contribution in [2.24, 2.45) is 11.8 Å². The fourth-order valence-corrected chi connectivity index (χ4v) is 5.85. The number of amides is 2. The van der Waals surface area contributed by atoms with Gasteiger partial charge in [-0.05, 0) is 43.7 Å². The van der Waals surface area contributed by atoms with Gasteiger partial charge >= 0.3 is 5.97 Å². The predicted molar refractivity (Wildman–Crippen MR) is 134 cm³/mol. The Bertz CT molecular complexity index is 1260. The van der Waals surface area contributed by atoms with Crippen molar-refractivity contribution in [3.8, 4) is 0 Å². The number of ether oxygens (including phenoxy) is 1. The summed E-state index contributed by atoms with van der Waals surface area (Å²) in [6.45, 7) is 3.92. The molecular formula is C29H28N2O4. The standard InChI is InChI=1S/C29H28N2O4/c1-19-14-16-20(17-15-19)26-24-25(28(34)30(27(24)33)21-10-6-4-7-11-21)29(2,18-23(32)35-3)31(26)22-12-8-5-9-13-22/h4-17,24-26H,18H2,1-3H3/t24-,25+,26+,29-/m0/s1. The summed E-state index contributed by atoms with van der Waals surface area (Å²) in [4.78, 5) is 44.2. The second-order valence-corrected chi connectivity index (χ2v) is 9.52. The second kappa shape index (κ2) is 8.69. The molecular weight excluding hydrogens is 440 g/mol. The largest absolute Gasteiger partial charge is 0.469 e. The third-order valence-electron chi connectivity index (χ3n) is 7.39. The zero-order valence-corrected chi connectivity index (χ0v) is 20.0. The van der Waals surface area contributed by atoms with Crippen molar-refractivity contribution in [3.63, 3.8) is 0 Å². The van der Waals surface area contributed by atoms with E-state index in [1.165, 1.54) is 12.0 Å². The van der Waals surface area contributed by atoms with Gasteiger partial charge < -0.3 is 9.64 Å². The van der Waals surface area contributed by atoms with Crippen LogP contribution in [-0.2, 0) is 19.1 Å². The minimum absolute atomic E-state index is 0.0242. The summed E-state index contributed by atoms with van der Waals surface area (Å²) < 4.78 is 5.06. The second-order valence-electron chi connectivity index (χ2n) is 9.52. The lowest BCUT2D eigenvalue weighted by atomic mass is 9.78. The quantitative estimate of drug-likeness (QED) is 0.402. The number of methoxy groups -OCH3 is 1. The Morgan fingerprint density at radius 1 is 0.857 bits per heavy atom. The number of hydrogen-bond donors (Lipinski definition) is 0. The molecule has 2 saturated heterocycles. The van der Waals surface area contributed by atoms with Gasteiger partial charge in [-0.2, -0.15) is 0 Å². The number of para-hydroxylation sites is 2. The van der Waals surface area contributed by atoms with Gasteiger partial charge in [-0.15, -0.1) is 0 Å². The van der Waals surface area contributed by atoms with E-state index in [0.29, 0.717) is 5.69 Å². The van der Waals surface area contributed by atoms with Crippen LogP contribution in [0.4, 0.5) is 11.4 Å². The molecule has 0 aliphatic carbocycles. The third-order valence-corrected chi connectivity index (χ3v) is 7.39. The van der Waals surface area contributed by atoms with Crippen LogP contribution in [-0.4, -0.2) is 30.4 Å². The van der Waals surface area contributed by atoms with E-state index in [9.17, 15) is 14.4 Å². The lowest BCUT2D eigenvalue weighted by molar-refractivity contribution is -0.142. The van der Waals surface area contributed by atoms with E-state index in [0.717, 1.165) is 16.8 Å². The van der Waals surface area contributed by atoms with Crippen LogP contribution in [0.25, 0.3) is 0 Å². The number of rotatable bonds is 5. The third kappa shape index (κ3) is 3.60. The first-order valence-electron chi connectivity index (χ1n) is 11.8. The highest BCUT2D eigenvalue weighted by molar-refractivity contribution is 6.23. The first-order valence-corrected chi connectivity index (χ1v) is 11.8. The van der Waals surface area contributed by atoms with Crippen LogP contribution < -0.4 is 9.80 Å². The molecule has 3 aromatic rings. The molecule has 2 heterocycles.